The van der Waals surface area contributed by atoms with Crippen molar-refractivity contribution in [1.82, 2.24) is 10.2 Å². The second kappa shape index (κ2) is 7.99. The lowest BCUT2D eigenvalue weighted by Gasteiger charge is -2.32. The Morgan fingerprint density at radius 3 is 2.23 bits per heavy atom. The van der Waals surface area contributed by atoms with E-state index < -0.39 is 0 Å². The SMILES string of the molecule is Cc1ccc(NC(=O)N2CCC(NC(=O)c3ccc(F)cc3)CC2)cc1. The van der Waals surface area contributed by atoms with Crippen LogP contribution in [0.3, 0.4) is 0 Å². The van der Waals surface area contributed by atoms with E-state index in [1.54, 1.807) is 4.90 Å². The Morgan fingerprint density at radius 1 is 1.00 bits per heavy atom. The molecule has 136 valence electrons. The number of likely N-dealkylation sites (tertiary alicyclic amines) is 1. The van der Waals surface area contributed by atoms with Crippen molar-refractivity contribution in [2.75, 3.05) is 18.4 Å². The van der Waals surface area contributed by atoms with Crippen LogP contribution >= 0.6 is 0 Å². The summed E-state index contributed by atoms with van der Waals surface area (Å²) in [5, 5.41) is 5.84. The molecule has 0 bridgehead atoms. The van der Waals surface area contributed by atoms with E-state index in [-0.39, 0.29) is 23.8 Å². The Bertz CT molecular complexity index is 767. The summed E-state index contributed by atoms with van der Waals surface area (Å²) in [5.41, 5.74) is 2.35. The van der Waals surface area contributed by atoms with Crippen molar-refractivity contribution < 1.29 is 14.0 Å². The van der Waals surface area contributed by atoms with Crippen LogP contribution in [-0.4, -0.2) is 36.0 Å². The quantitative estimate of drug-likeness (QED) is 0.884. The van der Waals surface area contributed by atoms with Gasteiger partial charge in [-0.05, 0) is 56.2 Å². The van der Waals surface area contributed by atoms with Crippen LogP contribution in [0.1, 0.15) is 28.8 Å². The van der Waals surface area contributed by atoms with Gasteiger partial charge in [-0.1, -0.05) is 17.7 Å². The molecule has 1 fully saturated rings. The van der Waals surface area contributed by atoms with Gasteiger partial charge in [-0.25, -0.2) is 9.18 Å². The fraction of sp³-hybridized carbons (Fsp3) is 0.300. The van der Waals surface area contributed by atoms with E-state index in [2.05, 4.69) is 10.6 Å². The zero-order valence-electron chi connectivity index (χ0n) is 14.7. The maximum Gasteiger partial charge on any atom is 0.321 e. The van der Waals surface area contributed by atoms with E-state index in [4.69, 9.17) is 0 Å². The first-order chi connectivity index (χ1) is 12.5. The highest BCUT2D eigenvalue weighted by Crippen LogP contribution is 2.15. The number of benzene rings is 2. The van der Waals surface area contributed by atoms with E-state index in [0.717, 1.165) is 11.3 Å². The third-order valence-electron chi connectivity index (χ3n) is 4.53. The number of amides is 3. The number of rotatable bonds is 3. The summed E-state index contributed by atoms with van der Waals surface area (Å²) < 4.78 is 12.9. The van der Waals surface area contributed by atoms with Gasteiger partial charge in [0.1, 0.15) is 5.82 Å². The summed E-state index contributed by atoms with van der Waals surface area (Å²) >= 11 is 0. The predicted octanol–water partition coefficient (Wildman–Crippen LogP) is 3.56. The third kappa shape index (κ3) is 4.59. The van der Waals surface area contributed by atoms with Gasteiger partial charge in [0.05, 0.1) is 0 Å². The summed E-state index contributed by atoms with van der Waals surface area (Å²) in [6.07, 6.45) is 1.38. The van der Waals surface area contributed by atoms with E-state index in [1.165, 1.54) is 24.3 Å². The van der Waals surface area contributed by atoms with Crippen LogP contribution in [0.2, 0.25) is 0 Å². The third-order valence-corrected chi connectivity index (χ3v) is 4.53. The molecule has 1 aliphatic rings. The van der Waals surface area contributed by atoms with Crippen LogP contribution in [0, 0.1) is 12.7 Å². The Kier molecular flexibility index (Phi) is 5.51. The minimum absolute atomic E-state index is 0.0102. The normalized spacial score (nSPS) is 14.8. The van der Waals surface area contributed by atoms with Gasteiger partial charge in [-0.3, -0.25) is 4.79 Å². The molecule has 0 spiro atoms. The van der Waals surface area contributed by atoms with Crippen LogP contribution in [-0.2, 0) is 0 Å². The first-order valence-corrected chi connectivity index (χ1v) is 8.70. The van der Waals surface area contributed by atoms with Crippen molar-refractivity contribution in [2.24, 2.45) is 0 Å². The summed E-state index contributed by atoms with van der Waals surface area (Å²) in [4.78, 5) is 26.3. The van der Waals surface area contributed by atoms with Crippen molar-refractivity contribution >= 4 is 17.6 Å². The number of hydrogen-bond acceptors (Lipinski definition) is 2. The second-order valence-corrected chi connectivity index (χ2v) is 6.54. The summed E-state index contributed by atoms with van der Waals surface area (Å²) in [6.45, 7) is 3.15. The second-order valence-electron chi connectivity index (χ2n) is 6.54. The zero-order chi connectivity index (χ0) is 18.5. The predicted molar refractivity (Wildman–Crippen MR) is 98.7 cm³/mol. The molecule has 26 heavy (non-hydrogen) atoms. The van der Waals surface area contributed by atoms with Crippen molar-refractivity contribution in [1.29, 1.82) is 0 Å². The lowest BCUT2D eigenvalue weighted by atomic mass is 10.0. The molecule has 6 heteroatoms. The largest absolute Gasteiger partial charge is 0.349 e. The number of carbonyl (C=O) groups is 2. The van der Waals surface area contributed by atoms with Crippen LogP contribution in [0.25, 0.3) is 0 Å². The topological polar surface area (TPSA) is 61.4 Å². The number of nitrogens with zero attached hydrogens (tertiary/aromatic N) is 1. The fourth-order valence-corrected chi connectivity index (χ4v) is 2.94. The summed E-state index contributed by atoms with van der Waals surface area (Å²) in [7, 11) is 0. The number of halogens is 1. The van der Waals surface area contributed by atoms with Gasteiger partial charge in [0.25, 0.3) is 5.91 Å². The first-order valence-electron chi connectivity index (χ1n) is 8.70. The van der Waals surface area contributed by atoms with Crippen LogP contribution in [0.4, 0.5) is 14.9 Å². The summed E-state index contributed by atoms with van der Waals surface area (Å²) in [6, 6.07) is 13.0. The Morgan fingerprint density at radius 2 is 1.62 bits per heavy atom. The van der Waals surface area contributed by atoms with E-state index in [0.29, 0.717) is 31.5 Å². The molecule has 0 saturated carbocycles. The molecule has 0 atom stereocenters. The maximum atomic E-state index is 12.9. The number of nitrogens with one attached hydrogen (secondary N) is 2. The smallest absolute Gasteiger partial charge is 0.321 e. The highest BCUT2D eigenvalue weighted by molar-refractivity contribution is 5.94. The maximum absolute atomic E-state index is 12.9. The Balaban J connectivity index is 1.47. The van der Waals surface area contributed by atoms with Gasteiger partial charge in [-0.2, -0.15) is 0 Å². The molecule has 0 unspecified atom stereocenters. The van der Waals surface area contributed by atoms with Gasteiger partial charge < -0.3 is 15.5 Å². The number of urea groups is 1. The molecule has 2 N–H and O–H groups in total. The molecule has 0 aromatic heterocycles. The number of hydrogen-bond donors (Lipinski definition) is 2. The molecule has 0 aliphatic carbocycles. The number of aryl methyl sites for hydroxylation is 1. The zero-order valence-corrected chi connectivity index (χ0v) is 14.7. The molecule has 2 aromatic carbocycles. The molecule has 5 nitrogen and oxygen atoms in total. The molecule has 1 heterocycles. The van der Waals surface area contributed by atoms with Crippen molar-refractivity contribution in [3.8, 4) is 0 Å². The monoisotopic (exact) mass is 355 g/mol. The fourth-order valence-electron chi connectivity index (χ4n) is 2.94. The van der Waals surface area contributed by atoms with Crippen LogP contribution < -0.4 is 10.6 Å². The molecule has 2 aromatic rings. The minimum Gasteiger partial charge on any atom is -0.349 e. The van der Waals surface area contributed by atoms with Crippen LogP contribution in [0.15, 0.2) is 48.5 Å². The molecule has 3 amide bonds. The number of anilines is 1. The standard InChI is InChI=1S/C20H22FN3O2/c1-14-2-8-17(9-3-14)23-20(26)24-12-10-18(11-13-24)22-19(25)15-4-6-16(21)7-5-15/h2-9,18H,10-13H2,1H3,(H,22,25)(H,23,26). The first kappa shape index (κ1) is 17.9. The molecular weight excluding hydrogens is 333 g/mol. The molecule has 1 saturated heterocycles. The van der Waals surface area contributed by atoms with Gasteiger partial charge in [-0.15, -0.1) is 0 Å². The molecule has 0 radical (unpaired) electrons. The molecular formula is C20H22FN3O2. The van der Waals surface area contributed by atoms with E-state index >= 15 is 0 Å². The minimum atomic E-state index is -0.366. The van der Waals surface area contributed by atoms with Gasteiger partial charge in [0.2, 0.25) is 0 Å². The lowest BCUT2D eigenvalue weighted by molar-refractivity contribution is 0.0919. The molecule has 1 aliphatic heterocycles. The van der Waals surface area contributed by atoms with Crippen molar-refractivity contribution in [3.63, 3.8) is 0 Å². The average Bonchev–Trinajstić information content (AvgIpc) is 2.64. The van der Waals surface area contributed by atoms with Crippen molar-refractivity contribution in [3.05, 3.63) is 65.5 Å². The van der Waals surface area contributed by atoms with E-state index in [9.17, 15) is 14.0 Å². The van der Waals surface area contributed by atoms with Gasteiger partial charge in [0.15, 0.2) is 0 Å². The van der Waals surface area contributed by atoms with Gasteiger partial charge >= 0.3 is 6.03 Å². The highest BCUT2D eigenvalue weighted by atomic mass is 19.1. The highest BCUT2D eigenvalue weighted by Gasteiger charge is 2.24. The van der Waals surface area contributed by atoms with Gasteiger partial charge in [0, 0.05) is 30.4 Å². The van der Waals surface area contributed by atoms with E-state index in [1.807, 2.05) is 31.2 Å². The number of piperidine rings is 1. The van der Waals surface area contributed by atoms with Crippen LogP contribution in [0.5, 0.6) is 0 Å². The Hall–Kier alpha value is -2.89. The van der Waals surface area contributed by atoms with Crippen molar-refractivity contribution in [2.45, 2.75) is 25.8 Å². The number of carbonyl (C=O) groups excluding carboxylic acids is 2. The lowest BCUT2D eigenvalue weighted by Crippen LogP contribution is -2.47. The Labute approximate surface area is 152 Å². The average molecular weight is 355 g/mol. The summed E-state index contributed by atoms with van der Waals surface area (Å²) in [5.74, 6) is -0.581. The molecule has 3 rings (SSSR count).